The van der Waals surface area contributed by atoms with Crippen molar-refractivity contribution in [2.24, 2.45) is 5.73 Å². The molecule has 0 aliphatic carbocycles. The van der Waals surface area contributed by atoms with Crippen LogP contribution in [0.15, 0.2) is 28.8 Å². The van der Waals surface area contributed by atoms with Gasteiger partial charge in [0.15, 0.2) is 0 Å². The highest BCUT2D eigenvalue weighted by molar-refractivity contribution is 5.28. The molecule has 0 amide bonds. The summed E-state index contributed by atoms with van der Waals surface area (Å²) in [4.78, 5) is 5.95. The molecule has 96 valence electrons. The van der Waals surface area contributed by atoms with Gasteiger partial charge in [0.05, 0.1) is 6.04 Å². The van der Waals surface area contributed by atoms with Gasteiger partial charge in [0.25, 0.3) is 5.95 Å². The molecule has 1 atom stereocenters. The van der Waals surface area contributed by atoms with Crippen LogP contribution in [0.25, 0.3) is 0 Å². The number of hydrogen-bond acceptors (Lipinski definition) is 6. The van der Waals surface area contributed by atoms with E-state index in [1.165, 1.54) is 0 Å². The van der Waals surface area contributed by atoms with E-state index in [4.69, 9.17) is 10.3 Å². The minimum absolute atomic E-state index is 0.236. The Balaban J connectivity index is 2.06. The Morgan fingerprint density at radius 1 is 1.33 bits per heavy atom. The number of aromatic hydroxyl groups is 1. The quantitative estimate of drug-likeness (QED) is 0.841. The van der Waals surface area contributed by atoms with Crippen molar-refractivity contribution in [3.05, 3.63) is 35.7 Å². The third-order valence-corrected chi connectivity index (χ3v) is 2.54. The van der Waals surface area contributed by atoms with Gasteiger partial charge in [-0.1, -0.05) is 12.1 Å². The average molecular weight is 248 g/mol. The van der Waals surface area contributed by atoms with Crippen molar-refractivity contribution in [1.29, 1.82) is 0 Å². The van der Waals surface area contributed by atoms with Gasteiger partial charge in [-0.25, -0.2) is 0 Å². The number of benzene rings is 1. The zero-order valence-corrected chi connectivity index (χ0v) is 10.4. The van der Waals surface area contributed by atoms with Crippen LogP contribution in [0.4, 0.5) is 5.95 Å². The van der Waals surface area contributed by atoms with Gasteiger partial charge in [-0.2, -0.15) is 4.98 Å². The molecule has 0 saturated carbocycles. The molecule has 0 radical (unpaired) electrons. The molecule has 0 saturated heterocycles. The summed E-state index contributed by atoms with van der Waals surface area (Å²) < 4.78 is 5.11. The van der Waals surface area contributed by atoms with E-state index in [0.29, 0.717) is 18.3 Å². The van der Waals surface area contributed by atoms with E-state index in [9.17, 15) is 5.11 Å². The van der Waals surface area contributed by atoms with Gasteiger partial charge in [-0.05, 0) is 29.3 Å². The number of phenolic OH excluding ortho intramolecular Hbond substituents is 1. The fraction of sp³-hybridized carbons (Fsp3) is 0.333. The van der Waals surface area contributed by atoms with E-state index >= 15 is 0 Å². The molecular formula is C12H16N4O2. The van der Waals surface area contributed by atoms with Gasteiger partial charge in [-0.3, -0.25) is 0 Å². The van der Waals surface area contributed by atoms with Crippen LogP contribution in [0.5, 0.6) is 5.75 Å². The second-order valence-electron chi connectivity index (χ2n) is 4.30. The van der Waals surface area contributed by atoms with Crippen LogP contribution in [0, 0.1) is 0 Å². The Morgan fingerprint density at radius 3 is 2.56 bits per heavy atom. The fourth-order valence-electron chi connectivity index (χ4n) is 1.53. The molecule has 6 nitrogen and oxygen atoms in total. The number of hydrogen-bond donors (Lipinski definition) is 2. The average Bonchev–Trinajstić information content (AvgIpc) is 2.81. The SMILES string of the molecule is CN(C)c1noc(C(N)Cc2ccc(O)cc2)n1. The Bertz CT molecular complexity index is 507. The molecule has 2 aromatic rings. The number of nitrogens with zero attached hydrogens (tertiary/aromatic N) is 3. The van der Waals surface area contributed by atoms with Crippen molar-refractivity contribution in [2.75, 3.05) is 19.0 Å². The summed E-state index contributed by atoms with van der Waals surface area (Å²) in [6.45, 7) is 0. The van der Waals surface area contributed by atoms with Gasteiger partial charge in [-0.15, -0.1) is 0 Å². The molecule has 1 aromatic heterocycles. The zero-order valence-electron chi connectivity index (χ0n) is 10.4. The van der Waals surface area contributed by atoms with Crippen LogP contribution in [-0.2, 0) is 6.42 Å². The topological polar surface area (TPSA) is 88.4 Å². The van der Waals surface area contributed by atoms with Crippen molar-refractivity contribution in [1.82, 2.24) is 10.1 Å². The first-order chi connectivity index (χ1) is 8.56. The summed E-state index contributed by atoms with van der Waals surface area (Å²) in [6, 6.07) is 6.54. The molecule has 3 N–H and O–H groups in total. The summed E-state index contributed by atoms with van der Waals surface area (Å²) in [6.07, 6.45) is 0.579. The van der Waals surface area contributed by atoms with Crippen molar-refractivity contribution < 1.29 is 9.63 Å². The lowest BCUT2D eigenvalue weighted by atomic mass is 10.1. The maximum Gasteiger partial charge on any atom is 0.265 e. The summed E-state index contributed by atoms with van der Waals surface area (Å²) in [5.74, 6) is 1.15. The predicted molar refractivity (Wildman–Crippen MR) is 67.4 cm³/mol. The smallest absolute Gasteiger partial charge is 0.265 e. The normalized spacial score (nSPS) is 12.4. The number of aromatic nitrogens is 2. The standard InChI is InChI=1S/C12H16N4O2/c1-16(2)12-14-11(18-15-12)10(13)7-8-3-5-9(17)6-4-8/h3-6,10,17H,7,13H2,1-2H3. The zero-order chi connectivity index (χ0) is 13.1. The highest BCUT2D eigenvalue weighted by Gasteiger charge is 2.16. The summed E-state index contributed by atoms with van der Waals surface area (Å²) >= 11 is 0. The van der Waals surface area contributed by atoms with Crippen LogP contribution in [0.1, 0.15) is 17.5 Å². The van der Waals surface area contributed by atoms with Crippen molar-refractivity contribution in [2.45, 2.75) is 12.5 Å². The monoisotopic (exact) mass is 248 g/mol. The van der Waals surface area contributed by atoms with Crippen LogP contribution < -0.4 is 10.6 Å². The second-order valence-corrected chi connectivity index (χ2v) is 4.30. The second kappa shape index (κ2) is 5.05. The molecule has 0 bridgehead atoms. The van der Waals surface area contributed by atoms with E-state index in [0.717, 1.165) is 5.56 Å². The number of anilines is 1. The summed E-state index contributed by atoms with van der Waals surface area (Å²) in [7, 11) is 3.67. The first-order valence-corrected chi connectivity index (χ1v) is 5.60. The minimum atomic E-state index is -0.351. The fourth-order valence-corrected chi connectivity index (χ4v) is 1.53. The van der Waals surface area contributed by atoms with Gasteiger partial charge < -0.3 is 20.3 Å². The number of nitrogens with two attached hydrogens (primary N) is 1. The molecule has 0 spiro atoms. The third kappa shape index (κ3) is 2.78. The maximum absolute atomic E-state index is 9.19. The Kier molecular flexibility index (Phi) is 3.47. The molecule has 2 rings (SSSR count). The van der Waals surface area contributed by atoms with Crippen LogP contribution in [0.3, 0.4) is 0 Å². The molecule has 6 heteroatoms. The lowest BCUT2D eigenvalue weighted by Crippen LogP contribution is -2.15. The summed E-state index contributed by atoms with van der Waals surface area (Å²) in [5.41, 5.74) is 7.01. The van der Waals surface area contributed by atoms with Gasteiger partial charge in [0.1, 0.15) is 5.75 Å². The molecule has 0 aliphatic heterocycles. The predicted octanol–water partition coefficient (Wildman–Crippen LogP) is 1.08. The maximum atomic E-state index is 9.19. The van der Waals surface area contributed by atoms with E-state index in [-0.39, 0.29) is 11.8 Å². The van der Waals surface area contributed by atoms with Crippen molar-refractivity contribution in [3.8, 4) is 5.75 Å². The first-order valence-electron chi connectivity index (χ1n) is 5.60. The highest BCUT2D eigenvalue weighted by atomic mass is 16.5. The molecule has 1 heterocycles. The first kappa shape index (κ1) is 12.4. The highest BCUT2D eigenvalue weighted by Crippen LogP contribution is 2.18. The molecule has 1 unspecified atom stereocenters. The van der Waals surface area contributed by atoms with Crippen LogP contribution in [-0.4, -0.2) is 29.3 Å². The van der Waals surface area contributed by atoms with E-state index in [2.05, 4.69) is 10.1 Å². The van der Waals surface area contributed by atoms with Gasteiger partial charge >= 0.3 is 0 Å². The molecular weight excluding hydrogens is 232 g/mol. The Morgan fingerprint density at radius 2 is 2.00 bits per heavy atom. The van der Waals surface area contributed by atoms with Crippen molar-refractivity contribution in [3.63, 3.8) is 0 Å². The minimum Gasteiger partial charge on any atom is -0.508 e. The lowest BCUT2D eigenvalue weighted by molar-refractivity contribution is 0.354. The van der Waals surface area contributed by atoms with Gasteiger partial charge in [0.2, 0.25) is 5.89 Å². The molecule has 0 fully saturated rings. The van der Waals surface area contributed by atoms with Crippen LogP contribution in [0.2, 0.25) is 0 Å². The summed E-state index contributed by atoms with van der Waals surface area (Å²) in [5, 5.41) is 13.0. The van der Waals surface area contributed by atoms with E-state index < -0.39 is 0 Å². The molecule has 18 heavy (non-hydrogen) atoms. The molecule has 0 aliphatic rings. The largest absolute Gasteiger partial charge is 0.508 e. The lowest BCUT2D eigenvalue weighted by Gasteiger charge is -2.07. The van der Waals surface area contributed by atoms with Gasteiger partial charge in [0, 0.05) is 14.1 Å². The van der Waals surface area contributed by atoms with Crippen LogP contribution >= 0.6 is 0 Å². The van der Waals surface area contributed by atoms with E-state index in [1.807, 2.05) is 26.2 Å². The number of phenols is 1. The number of rotatable bonds is 4. The Labute approximate surface area is 105 Å². The third-order valence-electron chi connectivity index (χ3n) is 2.54. The van der Waals surface area contributed by atoms with E-state index in [1.54, 1.807) is 17.0 Å². The molecule has 1 aromatic carbocycles. The Hall–Kier alpha value is -2.08. The van der Waals surface area contributed by atoms with Crippen molar-refractivity contribution >= 4 is 5.95 Å².